The third-order valence-corrected chi connectivity index (χ3v) is 1.82. The van der Waals surface area contributed by atoms with Crippen LogP contribution in [0, 0.1) is 11.3 Å². The van der Waals surface area contributed by atoms with Gasteiger partial charge >= 0.3 is 0 Å². The van der Waals surface area contributed by atoms with Crippen molar-refractivity contribution >= 4 is 0 Å². The Morgan fingerprint density at radius 3 is 2.69 bits per heavy atom. The van der Waals surface area contributed by atoms with Crippen LogP contribution in [0.5, 0.6) is 0 Å². The third kappa shape index (κ3) is 4.12. The van der Waals surface area contributed by atoms with Gasteiger partial charge in [0.2, 0.25) is 0 Å². The Morgan fingerprint density at radius 1 is 1.08 bits per heavy atom. The Kier molecular flexibility index (Phi) is 4.42. The van der Waals surface area contributed by atoms with E-state index in [0.717, 1.165) is 12.8 Å². The molecule has 0 heterocycles. The van der Waals surface area contributed by atoms with Gasteiger partial charge in [-0.05, 0) is 18.4 Å². The average Bonchev–Trinajstić information content (AvgIpc) is 2.08. The Hall–Kier alpha value is -1.55. The van der Waals surface area contributed by atoms with Crippen LogP contribution in [0.15, 0.2) is 48.1 Å². The summed E-state index contributed by atoms with van der Waals surface area (Å²) in [7, 11) is 0. The predicted molar refractivity (Wildman–Crippen MR) is 55.0 cm³/mol. The van der Waals surface area contributed by atoms with Crippen LogP contribution < -0.4 is 0 Å². The summed E-state index contributed by atoms with van der Waals surface area (Å²) in [6.07, 6.45) is 16.8. The van der Waals surface area contributed by atoms with Crippen molar-refractivity contribution < 1.29 is 0 Å². The van der Waals surface area contributed by atoms with Crippen LogP contribution in [0.4, 0.5) is 0 Å². The zero-order valence-corrected chi connectivity index (χ0v) is 7.61. The molecular weight excluding hydrogens is 158 g/mol. The number of nitriles is 1. The lowest BCUT2D eigenvalue weighted by Gasteiger charge is -1.98. The van der Waals surface area contributed by atoms with E-state index in [-0.39, 0.29) is 0 Å². The lowest BCUT2D eigenvalue weighted by atomic mass is 10.1. The van der Waals surface area contributed by atoms with Crippen molar-refractivity contribution in [3.05, 3.63) is 48.1 Å². The second-order valence-corrected chi connectivity index (χ2v) is 2.88. The fraction of sp³-hybridized carbons (Fsp3) is 0.250. The summed E-state index contributed by atoms with van der Waals surface area (Å²) in [6.45, 7) is 0. The molecule has 0 saturated heterocycles. The van der Waals surface area contributed by atoms with Gasteiger partial charge in [-0.1, -0.05) is 42.5 Å². The van der Waals surface area contributed by atoms with Gasteiger partial charge in [0, 0.05) is 6.42 Å². The topological polar surface area (TPSA) is 23.8 Å². The van der Waals surface area contributed by atoms with Crippen molar-refractivity contribution in [2.75, 3.05) is 0 Å². The number of nitrogens with zero attached hydrogens (tertiary/aromatic N) is 1. The number of hydrogen-bond acceptors (Lipinski definition) is 1. The molecular formula is C12H13N. The SMILES string of the molecule is N#CCCCC1=CC=CC=CC=C1. The Bertz CT molecular complexity index is 298. The van der Waals surface area contributed by atoms with E-state index in [4.69, 9.17) is 5.26 Å². The fourth-order valence-electron chi connectivity index (χ4n) is 1.14. The summed E-state index contributed by atoms with van der Waals surface area (Å²) in [5.41, 5.74) is 1.29. The van der Waals surface area contributed by atoms with Crippen LogP contribution in [0.1, 0.15) is 19.3 Å². The van der Waals surface area contributed by atoms with Gasteiger partial charge in [0.1, 0.15) is 0 Å². The molecule has 0 saturated carbocycles. The van der Waals surface area contributed by atoms with Crippen LogP contribution in [0.2, 0.25) is 0 Å². The van der Waals surface area contributed by atoms with E-state index >= 15 is 0 Å². The minimum atomic E-state index is 0.644. The summed E-state index contributed by atoms with van der Waals surface area (Å²) >= 11 is 0. The fourth-order valence-corrected chi connectivity index (χ4v) is 1.14. The highest BCUT2D eigenvalue weighted by molar-refractivity contribution is 5.30. The molecule has 66 valence electrons. The Labute approximate surface area is 79.4 Å². The number of unbranched alkanes of at least 4 members (excludes halogenated alkanes) is 1. The molecule has 0 aromatic carbocycles. The highest BCUT2D eigenvalue weighted by atomic mass is 14.2. The standard InChI is InChI=1S/C12H13N/c13-11-7-6-10-12-8-4-2-1-3-5-9-12/h1-5,8-9H,6-7,10H2. The first-order valence-electron chi connectivity index (χ1n) is 4.51. The first kappa shape index (κ1) is 9.54. The van der Waals surface area contributed by atoms with Crippen molar-refractivity contribution in [1.29, 1.82) is 5.26 Å². The minimum Gasteiger partial charge on any atom is -0.198 e. The van der Waals surface area contributed by atoms with Crippen molar-refractivity contribution in [2.24, 2.45) is 0 Å². The van der Waals surface area contributed by atoms with Crippen molar-refractivity contribution in [2.45, 2.75) is 19.3 Å². The van der Waals surface area contributed by atoms with E-state index in [9.17, 15) is 0 Å². The Balaban J connectivity index is 2.44. The lowest BCUT2D eigenvalue weighted by Crippen LogP contribution is -1.80. The zero-order valence-electron chi connectivity index (χ0n) is 7.61. The predicted octanol–water partition coefficient (Wildman–Crippen LogP) is 3.29. The highest BCUT2D eigenvalue weighted by Gasteiger charge is 1.91. The summed E-state index contributed by atoms with van der Waals surface area (Å²) in [5, 5.41) is 8.38. The van der Waals surface area contributed by atoms with Gasteiger partial charge in [-0.2, -0.15) is 5.26 Å². The van der Waals surface area contributed by atoms with E-state index in [2.05, 4.69) is 18.2 Å². The molecule has 1 aliphatic rings. The van der Waals surface area contributed by atoms with Gasteiger partial charge in [-0.15, -0.1) is 0 Å². The van der Waals surface area contributed by atoms with Crippen LogP contribution in [0.25, 0.3) is 0 Å². The second-order valence-electron chi connectivity index (χ2n) is 2.88. The van der Waals surface area contributed by atoms with Gasteiger partial charge in [-0.3, -0.25) is 0 Å². The molecule has 0 aliphatic heterocycles. The molecule has 1 aliphatic carbocycles. The highest BCUT2D eigenvalue weighted by Crippen LogP contribution is 2.10. The molecule has 0 spiro atoms. The number of allylic oxidation sites excluding steroid dienone is 8. The van der Waals surface area contributed by atoms with Crippen LogP contribution in [0.3, 0.4) is 0 Å². The van der Waals surface area contributed by atoms with Crippen LogP contribution in [-0.2, 0) is 0 Å². The largest absolute Gasteiger partial charge is 0.198 e. The first-order valence-corrected chi connectivity index (χ1v) is 4.51. The minimum absolute atomic E-state index is 0.644. The smallest absolute Gasteiger partial charge is 0.0621 e. The molecule has 0 aromatic heterocycles. The molecule has 0 fully saturated rings. The Morgan fingerprint density at radius 2 is 1.85 bits per heavy atom. The quantitative estimate of drug-likeness (QED) is 0.598. The summed E-state index contributed by atoms with van der Waals surface area (Å²) in [6, 6.07) is 2.15. The van der Waals surface area contributed by atoms with E-state index < -0.39 is 0 Å². The van der Waals surface area contributed by atoms with Gasteiger partial charge in [0.05, 0.1) is 6.07 Å². The molecule has 1 heteroatoms. The second kappa shape index (κ2) is 6.02. The van der Waals surface area contributed by atoms with Crippen molar-refractivity contribution in [3.63, 3.8) is 0 Å². The summed E-state index contributed by atoms with van der Waals surface area (Å²) < 4.78 is 0. The molecule has 1 rings (SSSR count). The summed E-state index contributed by atoms with van der Waals surface area (Å²) in [5.74, 6) is 0. The molecule has 0 unspecified atom stereocenters. The average molecular weight is 171 g/mol. The maximum Gasteiger partial charge on any atom is 0.0621 e. The van der Waals surface area contributed by atoms with Crippen LogP contribution in [-0.4, -0.2) is 0 Å². The van der Waals surface area contributed by atoms with E-state index in [1.807, 2.05) is 30.4 Å². The normalized spacial score (nSPS) is 14.5. The number of hydrogen-bond donors (Lipinski definition) is 0. The summed E-state index contributed by atoms with van der Waals surface area (Å²) in [4.78, 5) is 0. The third-order valence-electron chi connectivity index (χ3n) is 1.82. The van der Waals surface area contributed by atoms with E-state index in [1.165, 1.54) is 5.57 Å². The zero-order chi connectivity index (χ0) is 9.36. The molecule has 0 atom stereocenters. The van der Waals surface area contributed by atoms with Gasteiger partial charge in [-0.25, -0.2) is 0 Å². The number of rotatable bonds is 3. The molecule has 13 heavy (non-hydrogen) atoms. The van der Waals surface area contributed by atoms with Crippen molar-refractivity contribution in [1.82, 2.24) is 0 Å². The van der Waals surface area contributed by atoms with Crippen LogP contribution >= 0.6 is 0 Å². The monoisotopic (exact) mass is 171 g/mol. The molecule has 0 aromatic rings. The maximum absolute atomic E-state index is 8.38. The van der Waals surface area contributed by atoms with E-state index in [0.29, 0.717) is 6.42 Å². The van der Waals surface area contributed by atoms with Gasteiger partial charge in [0.15, 0.2) is 0 Å². The molecule has 0 radical (unpaired) electrons. The van der Waals surface area contributed by atoms with E-state index in [1.54, 1.807) is 0 Å². The molecule has 1 nitrogen and oxygen atoms in total. The molecule has 0 N–H and O–H groups in total. The van der Waals surface area contributed by atoms with Gasteiger partial charge < -0.3 is 0 Å². The van der Waals surface area contributed by atoms with Crippen molar-refractivity contribution in [3.8, 4) is 6.07 Å². The van der Waals surface area contributed by atoms with Gasteiger partial charge in [0.25, 0.3) is 0 Å². The maximum atomic E-state index is 8.38. The first-order chi connectivity index (χ1) is 6.43. The molecule has 0 amide bonds. The molecule has 0 bridgehead atoms. The lowest BCUT2D eigenvalue weighted by molar-refractivity contribution is 0.854.